The van der Waals surface area contributed by atoms with Crippen LogP contribution >= 0.6 is 0 Å². The highest BCUT2D eigenvalue weighted by molar-refractivity contribution is 6.10. The lowest BCUT2D eigenvalue weighted by Crippen LogP contribution is -2.36. The van der Waals surface area contributed by atoms with Crippen molar-refractivity contribution in [1.82, 2.24) is 9.80 Å². The molecule has 1 spiro atoms. The van der Waals surface area contributed by atoms with Crippen LogP contribution in [0.4, 0.5) is 0 Å². The second-order valence-corrected chi connectivity index (χ2v) is 9.12. The van der Waals surface area contributed by atoms with E-state index < -0.39 is 0 Å². The maximum atomic E-state index is 12.7. The Kier molecular flexibility index (Phi) is 5.31. The Labute approximate surface area is 173 Å². The van der Waals surface area contributed by atoms with Gasteiger partial charge in [-0.05, 0) is 69.8 Å². The minimum atomic E-state index is -0.105. The van der Waals surface area contributed by atoms with Gasteiger partial charge in [0, 0.05) is 37.1 Å². The van der Waals surface area contributed by atoms with Crippen molar-refractivity contribution in [2.45, 2.75) is 44.9 Å². The van der Waals surface area contributed by atoms with Crippen molar-refractivity contribution in [2.75, 3.05) is 33.7 Å². The first-order valence-electron chi connectivity index (χ1n) is 10.7. The Morgan fingerprint density at radius 2 is 1.93 bits per heavy atom. The maximum Gasteiger partial charge on any atom is 0.179 e. The first-order valence-corrected chi connectivity index (χ1v) is 10.7. The fraction of sp³-hybridized carbons (Fsp3) is 0.542. The SMILES string of the molecule is CN(C)CCCC(=O)c1ccc2c(c1)C(N1CCC3(CC1)CC3)=C(C#N)C(=O)C2. The van der Waals surface area contributed by atoms with Crippen LogP contribution in [0.5, 0.6) is 0 Å². The van der Waals surface area contributed by atoms with Crippen LogP contribution in [0.25, 0.3) is 5.70 Å². The van der Waals surface area contributed by atoms with Gasteiger partial charge in [-0.1, -0.05) is 12.1 Å². The van der Waals surface area contributed by atoms with Gasteiger partial charge in [0.05, 0.1) is 5.70 Å². The zero-order chi connectivity index (χ0) is 20.6. The topological polar surface area (TPSA) is 64.4 Å². The van der Waals surface area contributed by atoms with Crippen LogP contribution in [-0.2, 0) is 11.2 Å². The van der Waals surface area contributed by atoms with E-state index in [1.54, 1.807) is 0 Å². The fourth-order valence-electron chi connectivity index (χ4n) is 4.68. The first kappa shape index (κ1) is 19.8. The van der Waals surface area contributed by atoms with Crippen molar-refractivity contribution in [1.29, 1.82) is 5.26 Å². The van der Waals surface area contributed by atoms with Crippen LogP contribution in [0.15, 0.2) is 23.8 Å². The summed E-state index contributed by atoms with van der Waals surface area (Å²) in [5.41, 5.74) is 4.07. The Hall–Kier alpha value is -2.45. The number of nitrogens with zero attached hydrogens (tertiary/aromatic N) is 3. The number of ketones is 2. The number of hydrogen-bond donors (Lipinski definition) is 0. The van der Waals surface area contributed by atoms with Gasteiger partial charge in [0.15, 0.2) is 11.6 Å². The summed E-state index contributed by atoms with van der Waals surface area (Å²) >= 11 is 0. The third-order valence-corrected chi connectivity index (χ3v) is 6.77. The molecular formula is C24H29N3O2. The predicted octanol–water partition coefficient (Wildman–Crippen LogP) is 3.45. The van der Waals surface area contributed by atoms with Gasteiger partial charge in [0.1, 0.15) is 11.6 Å². The number of Topliss-reactive ketones (excluding diaryl/α,β-unsaturated/α-hetero) is 2. The van der Waals surface area contributed by atoms with E-state index in [0.717, 1.165) is 55.7 Å². The lowest BCUT2D eigenvalue weighted by Gasteiger charge is -2.37. The Balaban J connectivity index is 1.63. The highest BCUT2D eigenvalue weighted by Gasteiger charge is 2.45. The minimum absolute atomic E-state index is 0.105. The summed E-state index contributed by atoms with van der Waals surface area (Å²) in [5, 5.41) is 9.72. The quantitative estimate of drug-likeness (QED) is 0.695. The van der Waals surface area contributed by atoms with E-state index in [1.165, 1.54) is 12.8 Å². The Morgan fingerprint density at radius 3 is 2.55 bits per heavy atom. The molecule has 0 radical (unpaired) electrons. The molecular weight excluding hydrogens is 362 g/mol. The van der Waals surface area contributed by atoms with Crippen molar-refractivity contribution < 1.29 is 9.59 Å². The molecule has 1 aliphatic heterocycles. The monoisotopic (exact) mass is 391 g/mol. The van der Waals surface area contributed by atoms with Crippen molar-refractivity contribution in [3.05, 3.63) is 40.5 Å². The lowest BCUT2D eigenvalue weighted by atomic mass is 9.84. The molecule has 0 aromatic heterocycles. The first-order chi connectivity index (χ1) is 13.9. The number of benzene rings is 1. The van der Waals surface area contributed by atoms with Gasteiger partial charge in [-0.15, -0.1) is 0 Å². The molecule has 2 fully saturated rings. The van der Waals surface area contributed by atoms with E-state index in [-0.39, 0.29) is 23.6 Å². The van der Waals surface area contributed by atoms with Crippen molar-refractivity contribution in [3.63, 3.8) is 0 Å². The molecule has 3 aliphatic rings. The van der Waals surface area contributed by atoms with Crippen LogP contribution < -0.4 is 0 Å². The smallest absolute Gasteiger partial charge is 0.179 e. The summed E-state index contributed by atoms with van der Waals surface area (Å²) in [6.07, 6.45) is 6.45. The van der Waals surface area contributed by atoms with E-state index in [9.17, 15) is 14.9 Å². The average Bonchev–Trinajstić information content (AvgIpc) is 3.46. The van der Waals surface area contributed by atoms with E-state index in [2.05, 4.69) is 15.9 Å². The normalized spacial score (nSPS) is 20.1. The number of carbonyl (C=O) groups is 2. The molecule has 2 aliphatic carbocycles. The summed E-state index contributed by atoms with van der Waals surface area (Å²) in [6.45, 7) is 2.65. The van der Waals surface area contributed by atoms with E-state index in [0.29, 0.717) is 17.4 Å². The number of fused-ring (bicyclic) bond motifs is 1. The number of nitriles is 1. The van der Waals surface area contributed by atoms with Crippen molar-refractivity contribution >= 4 is 17.3 Å². The van der Waals surface area contributed by atoms with Crippen molar-refractivity contribution in [2.24, 2.45) is 5.41 Å². The van der Waals surface area contributed by atoms with Crippen molar-refractivity contribution in [3.8, 4) is 6.07 Å². The highest BCUT2D eigenvalue weighted by Crippen LogP contribution is 2.54. The number of allylic oxidation sites excluding steroid dienone is 1. The molecule has 1 aromatic rings. The fourth-order valence-corrected chi connectivity index (χ4v) is 4.68. The van der Waals surface area contributed by atoms with Gasteiger partial charge < -0.3 is 9.80 Å². The molecule has 0 bridgehead atoms. The molecule has 1 saturated heterocycles. The summed E-state index contributed by atoms with van der Waals surface area (Å²) in [4.78, 5) is 29.6. The summed E-state index contributed by atoms with van der Waals surface area (Å²) in [5.74, 6) is 0.0201. The van der Waals surface area contributed by atoms with Crippen LogP contribution in [0, 0.1) is 16.7 Å². The number of rotatable bonds is 6. The number of hydrogen-bond acceptors (Lipinski definition) is 5. The van der Waals surface area contributed by atoms with Crippen LogP contribution in [0.1, 0.15) is 60.0 Å². The zero-order valence-electron chi connectivity index (χ0n) is 17.5. The maximum absolute atomic E-state index is 12.7. The van der Waals surface area contributed by atoms with E-state index in [4.69, 9.17) is 0 Å². The molecule has 5 heteroatoms. The number of carbonyl (C=O) groups excluding carboxylic acids is 2. The standard InChI is InChI=1S/C24H29N3O2/c1-26(2)11-3-4-21(28)18-6-5-17-15-22(29)20(16-25)23(19(17)14-18)27-12-9-24(7-8-24)10-13-27/h5-6,14H,3-4,7-13,15H2,1-2H3. The Bertz CT molecular complexity index is 909. The highest BCUT2D eigenvalue weighted by atomic mass is 16.1. The molecule has 1 aromatic carbocycles. The molecule has 29 heavy (non-hydrogen) atoms. The third kappa shape index (κ3) is 4.00. The van der Waals surface area contributed by atoms with E-state index in [1.807, 2.05) is 32.3 Å². The molecule has 4 rings (SSSR count). The zero-order valence-corrected chi connectivity index (χ0v) is 17.5. The molecule has 5 nitrogen and oxygen atoms in total. The van der Waals surface area contributed by atoms with Gasteiger partial charge in [-0.3, -0.25) is 9.59 Å². The van der Waals surface area contributed by atoms with Gasteiger partial charge in [-0.25, -0.2) is 0 Å². The van der Waals surface area contributed by atoms with Gasteiger partial charge in [0.25, 0.3) is 0 Å². The second kappa shape index (κ2) is 7.76. The third-order valence-electron chi connectivity index (χ3n) is 6.77. The van der Waals surface area contributed by atoms with Crippen LogP contribution in [0.3, 0.4) is 0 Å². The average molecular weight is 392 g/mol. The second-order valence-electron chi connectivity index (χ2n) is 9.12. The molecule has 1 saturated carbocycles. The molecule has 152 valence electrons. The predicted molar refractivity (Wildman–Crippen MR) is 112 cm³/mol. The van der Waals surface area contributed by atoms with Crippen LogP contribution in [-0.4, -0.2) is 55.1 Å². The molecule has 1 heterocycles. The minimum Gasteiger partial charge on any atom is -0.370 e. The summed E-state index contributed by atoms with van der Waals surface area (Å²) < 4.78 is 0. The molecule has 0 N–H and O–H groups in total. The summed E-state index contributed by atoms with van der Waals surface area (Å²) in [7, 11) is 4.01. The van der Waals surface area contributed by atoms with Gasteiger partial charge in [-0.2, -0.15) is 5.26 Å². The molecule has 0 amide bonds. The summed E-state index contributed by atoms with van der Waals surface area (Å²) in [6, 6.07) is 7.85. The van der Waals surface area contributed by atoms with Gasteiger partial charge >= 0.3 is 0 Å². The number of likely N-dealkylation sites (tertiary alicyclic amines) is 1. The molecule has 0 atom stereocenters. The van der Waals surface area contributed by atoms with Gasteiger partial charge in [0.2, 0.25) is 0 Å². The lowest BCUT2D eigenvalue weighted by molar-refractivity contribution is -0.114. The van der Waals surface area contributed by atoms with E-state index >= 15 is 0 Å². The van der Waals surface area contributed by atoms with Crippen LogP contribution in [0.2, 0.25) is 0 Å². The largest absolute Gasteiger partial charge is 0.370 e. The Morgan fingerprint density at radius 1 is 1.21 bits per heavy atom. The number of piperidine rings is 1. The molecule has 0 unspecified atom stereocenters.